The zero-order valence-electron chi connectivity index (χ0n) is 20.9. The van der Waals surface area contributed by atoms with Crippen LogP contribution in [0.4, 0.5) is 11.4 Å². The minimum atomic E-state index is -1.30. The number of benzene rings is 2. The maximum Gasteiger partial charge on any atom is 0.305 e. The lowest BCUT2D eigenvalue weighted by Crippen LogP contribution is -2.54. The van der Waals surface area contributed by atoms with Gasteiger partial charge in [-0.2, -0.15) is 0 Å². The number of para-hydroxylation sites is 3. The number of aliphatic carboxylic acids is 1. The Morgan fingerprint density at radius 3 is 2.44 bits per heavy atom. The molecule has 2 unspecified atom stereocenters. The maximum absolute atomic E-state index is 13.7. The summed E-state index contributed by atoms with van der Waals surface area (Å²) in [4.78, 5) is 81.2. The summed E-state index contributed by atoms with van der Waals surface area (Å²) in [5, 5.41) is 14.7. The number of carbonyl (C=O) groups is 6. The number of nitrogens with one attached hydrogen (secondary N) is 2. The smallest absolute Gasteiger partial charge is 0.305 e. The van der Waals surface area contributed by atoms with Crippen LogP contribution in [-0.2, 0) is 24.0 Å². The van der Waals surface area contributed by atoms with Crippen LogP contribution in [-0.4, -0.2) is 71.1 Å². The minimum absolute atomic E-state index is 0.0597. The Hall–Kier alpha value is -5.13. The molecule has 0 bridgehead atoms. The van der Waals surface area contributed by atoms with Gasteiger partial charge in [-0.15, -0.1) is 0 Å². The number of rotatable bonds is 8. The molecule has 4 amide bonds. The van der Waals surface area contributed by atoms with Crippen molar-refractivity contribution < 1.29 is 33.9 Å². The zero-order chi connectivity index (χ0) is 28.1. The molecule has 200 valence electrons. The third-order valence-corrected chi connectivity index (χ3v) is 6.12. The molecule has 1 aromatic heterocycles. The Morgan fingerprint density at radius 1 is 1.05 bits per heavy atom. The normalized spacial score (nSPS) is 15.6. The predicted octanol–water partition coefficient (Wildman–Crippen LogP) is 0.891. The van der Waals surface area contributed by atoms with Gasteiger partial charge in [-0.3, -0.25) is 28.9 Å². The molecule has 3 aromatic rings. The SMILES string of the molecule is CC(=O)N1CC(NC(=O)c2ccc3ccccc3n2)C(=O)N(CC(=O)NC(C=O)CC(=O)O)c2ccccc21. The van der Waals surface area contributed by atoms with Gasteiger partial charge in [0.2, 0.25) is 11.8 Å². The van der Waals surface area contributed by atoms with E-state index in [1.807, 2.05) is 12.1 Å². The summed E-state index contributed by atoms with van der Waals surface area (Å²) in [6.45, 7) is 0.513. The Labute approximate surface area is 222 Å². The third-order valence-electron chi connectivity index (χ3n) is 6.12. The van der Waals surface area contributed by atoms with Gasteiger partial charge in [-0.05, 0) is 24.3 Å². The predicted molar refractivity (Wildman–Crippen MR) is 140 cm³/mol. The highest BCUT2D eigenvalue weighted by Crippen LogP contribution is 2.33. The second-order valence-electron chi connectivity index (χ2n) is 8.87. The van der Waals surface area contributed by atoms with E-state index in [1.165, 1.54) is 17.9 Å². The fraction of sp³-hybridized carbons (Fsp3) is 0.222. The number of carbonyl (C=O) groups excluding carboxylic acids is 5. The van der Waals surface area contributed by atoms with Crippen LogP contribution in [0.1, 0.15) is 23.8 Å². The van der Waals surface area contributed by atoms with Crippen molar-refractivity contribution in [3.05, 3.63) is 66.4 Å². The lowest BCUT2D eigenvalue weighted by molar-refractivity contribution is -0.139. The van der Waals surface area contributed by atoms with E-state index in [0.29, 0.717) is 17.5 Å². The highest BCUT2D eigenvalue weighted by molar-refractivity contribution is 6.10. The number of aromatic nitrogens is 1. The number of carboxylic acid groups (broad SMARTS) is 1. The summed E-state index contributed by atoms with van der Waals surface area (Å²) < 4.78 is 0. The molecule has 3 N–H and O–H groups in total. The van der Waals surface area contributed by atoms with Gasteiger partial charge in [0.1, 0.15) is 24.6 Å². The van der Waals surface area contributed by atoms with E-state index < -0.39 is 54.6 Å². The van der Waals surface area contributed by atoms with E-state index in [1.54, 1.807) is 42.5 Å². The van der Waals surface area contributed by atoms with Crippen molar-refractivity contribution in [2.45, 2.75) is 25.4 Å². The van der Waals surface area contributed by atoms with E-state index in [4.69, 9.17) is 5.11 Å². The lowest BCUT2D eigenvalue weighted by Gasteiger charge is -2.25. The van der Waals surface area contributed by atoms with E-state index in [0.717, 1.165) is 10.3 Å². The molecule has 12 nitrogen and oxygen atoms in total. The van der Waals surface area contributed by atoms with Crippen LogP contribution in [0.2, 0.25) is 0 Å². The van der Waals surface area contributed by atoms with E-state index in [-0.39, 0.29) is 17.9 Å². The average molecular weight is 532 g/mol. The molecule has 0 aliphatic carbocycles. The van der Waals surface area contributed by atoms with Crippen LogP contribution >= 0.6 is 0 Å². The molecule has 0 spiro atoms. The molecule has 2 heterocycles. The van der Waals surface area contributed by atoms with E-state index >= 15 is 0 Å². The average Bonchev–Trinajstić information content (AvgIpc) is 3.02. The first-order valence-corrected chi connectivity index (χ1v) is 12.0. The van der Waals surface area contributed by atoms with E-state index in [2.05, 4.69) is 15.6 Å². The van der Waals surface area contributed by atoms with Crippen molar-refractivity contribution in [3.63, 3.8) is 0 Å². The fourth-order valence-corrected chi connectivity index (χ4v) is 4.30. The van der Waals surface area contributed by atoms with Gasteiger partial charge in [0.25, 0.3) is 11.8 Å². The summed E-state index contributed by atoms with van der Waals surface area (Å²) in [5.74, 6) is -3.82. The minimum Gasteiger partial charge on any atom is -0.481 e. The highest BCUT2D eigenvalue weighted by Gasteiger charge is 2.37. The monoisotopic (exact) mass is 531 g/mol. The number of carboxylic acids is 1. The van der Waals surface area contributed by atoms with Gasteiger partial charge in [-0.25, -0.2) is 4.98 Å². The number of nitrogens with zero attached hydrogens (tertiary/aromatic N) is 3. The Morgan fingerprint density at radius 2 is 1.74 bits per heavy atom. The molecular formula is C27H25N5O7. The van der Waals surface area contributed by atoms with Crippen molar-refractivity contribution in [2.24, 2.45) is 0 Å². The van der Waals surface area contributed by atoms with Gasteiger partial charge in [0, 0.05) is 12.3 Å². The molecule has 12 heteroatoms. The molecule has 2 atom stereocenters. The molecule has 39 heavy (non-hydrogen) atoms. The first kappa shape index (κ1) is 26.9. The van der Waals surface area contributed by atoms with Crippen LogP contribution in [0.15, 0.2) is 60.7 Å². The molecule has 0 fully saturated rings. The molecule has 0 saturated heterocycles. The summed E-state index contributed by atoms with van der Waals surface area (Å²) in [5.41, 5.74) is 1.21. The molecule has 0 saturated carbocycles. The zero-order valence-corrected chi connectivity index (χ0v) is 20.9. The van der Waals surface area contributed by atoms with Crippen molar-refractivity contribution in [2.75, 3.05) is 22.9 Å². The molecule has 1 aliphatic rings. The fourth-order valence-electron chi connectivity index (χ4n) is 4.30. The van der Waals surface area contributed by atoms with Crippen molar-refractivity contribution in [1.29, 1.82) is 0 Å². The second-order valence-corrected chi connectivity index (χ2v) is 8.87. The first-order valence-electron chi connectivity index (χ1n) is 12.0. The van der Waals surface area contributed by atoms with Crippen molar-refractivity contribution >= 4 is 58.2 Å². The number of amides is 4. The van der Waals surface area contributed by atoms with Crippen LogP contribution in [0.5, 0.6) is 0 Å². The van der Waals surface area contributed by atoms with Gasteiger partial charge in [0.15, 0.2) is 0 Å². The second kappa shape index (κ2) is 11.5. The van der Waals surface area contributed by atoms with Crippen molar-refractivity contribution in [3.8, 4) is 0 Å². The molecule has 0 radical (unpaired) electrons. The van der Waals surface area contributed by atoms with Crippen LogP contribution in [0, 0.1) is 0 Å². The maximum atomic E-state index is 13.7. The van der Waals surface area contributed by atoms with Gasteiger partial charge < -0.3 is 25.4 Å². The summed E-state index contributed by atoms with van der Waals surface area (Å²) in [7, 11) is 0. The van der Waals surface area contributed by atoms with Gasteiger partial charge in [0.05, 0.1) is 35.9 Å². The van der Waals surface area contributed by atoms with Crippen LogP contribution in [0.25, 0.3) is 10.9 Å². The number of pyridine rings is 1. The van der Waals surface area contributed by atoms with Crippen LogP contribution < -0.4 is 20.4 Å². The quantitative estimate of drug-likeness (QED) is 0.361. The number of hydrogen-bond acceptors (Lipinski definition) is 7. The Kier molecular flexibility index (Phi) is 7.94. The van der Waals surface area contributed by atoms with Gasteiger partial charge >= 0.3 is 5.97 Å². The van der Waals surface area contributed by atoms with Gasteiger partial charge in [-0.1, -0.05) is 36.4 Å². The third kappa shape index (κ3) is 6.06. The molecular weight excluding hydrogens is 506 g/mol. The standard InChI is InChI=1S/C27H25N5O7/c1-16(34)31-13-21(30-26(38)20-11-10-17-6-2-3-7-19(17)29-20)27(39)32(23-9-5-4-8-22(23)31)14-24(35)28-18(15-33)12-25(36)37/h2-11,15,18,21H,12-14H2,1H3,(H,28,35)(H,30,38)(H,36,37). The summed E-state index contributed by atoms with van der Waals surface area (Å²) in [6.07, 6.45) is -0.337. The summed E-state index contributed by atoms with van der Waals surface area (Å²) in [6, 6.07) is 14.3. The number of anilines is 2. The lowest BCUT2D eigenvalue weighted by atomic mass is 10.2. The topological polar surface area (TPSA) is 166 Å². The van der Waals surface area contributed by atoms with Crippen LogP contribution in [0.3, 0.4) is 0 Å². The summed E-state index contributed by atoms with van der Waals surface area (Å²) >= 11 is 0. The highest BCUT2D eigenvalue weighted by atomic mass is 16.4. The molecule has 2 aromatic carbocycles. The number of fused-ring (bicyclic) bond motifs is 2. The largest absolute Gasteiger partial charge is 0.481 e. The molecule has 1 aliphatic heterocycles. The van der Waals surface area contributed by atoms with Crippen molar-refractivity contribution in [1.82, 2.24) is 15.6 Å². The Balaban J connectivity index is 1.64. The number of hydrogen-bond donors (Lipinski definition) is 3. The first-order chi connectivity index (χ1) is 18.7. The Bertz CT molecular complexity index is 1470. The van der Waals surface area contributed by atoms with E-state index in [9.17, 15) is 28.8 Å². The number of aldehydes is 1. The molecule has 4 rings (SSSR count).